The maximum absolute atomic E-state index is 12.6. The smallest absolute Gasteiger partial charge is 0.238 e. The number of aryl methyl sites for hydroxylation is 2. The molecule has 0 bridgehead atoms. The standard InChI is InChI=1S/C17H19NO2/c1-10-7-8-13(9-12(10)3)18-16(19)14-6-4-5-11(2)15(14)17(18)20/h4-5,7-9,11,14-15H,6H2,1-3H3. The second kappa shape index (κ2) is 4.58. The second-order valence-corrected chi connectivity index (χ2v) is 5.94. The summed E-state index contributed by atoms with van der Waals surface area (Å²) in [5.41, 5.74) is 2.98. The van der Waals surface area contributed by atoms with Gasteiger partial charge in [-0.05, 0) is 49.4 Å². The zero-order valence-corrected chi connectivity index (χ0v) is 12.1. The molecule has 1 aromatic carbocycles. The quantitative estimate of drug-likeness (QED) is 0.580. The number of hydrogen-bond acceptors (Lipinski definition) is 2. The fourth-order valence-corrected chi connectivity index (χ4v) is 3.27. The first-order chi connectivity index (χ1) is 9.50. The third-order valence-electron chi connectivity index (χ3n) is 4.62. The summed E-state index contributed by atoms with van der Waals surface area (Å²) in [7, 11) is 0. The number of hydrogen-bond donors (Lipinski definition) is 0. The normalized spacial score (nSPS) is 28.9. The van der Waals surface area contributed by atoms with Gasteiger partial charge in [0, 0.05) is 0 Å². The summed E-state index contributed by atoms with van der Waals surface area (Å²) in [6.45, 7) is 6.04. The Kier molecular flexibility index (Phi) is 3.00. The molecule has 2 amide bonds. The molecule has 3 rings (SSSR count). The van der Waals surface area contributed by atoms with Crippen molar-refractivity contribution in [2.45, 2.75) is 27.2 Å². The van der Waals surface area contributed by atoms with E-state index in [9.17, 15) is 9.59 Å². The number of benzene rings is 1. The van der Waals surface area contributed by atoms with Gasteiger partial charge in [-0.2, -0.15) is 0 Å². The molecule has 1 heterocycles. The molecule has 0 spiro atoms. The summed E-state index contributed by atoms with van der Waals surface area (Å²) in [4.78, 5) is 26.6. The molecule has 1 saturated heterocycles. The summed E-state index contributed by atoms with van der Waals surface area (Å²) in [6.07, 6.45) is 4.76. The van der Waals surface area contributed by atoms with E-state index < -0.39 is 0 Å². The average molecular weight is 269 g/mol. The van der Waals surface area contributed by atoms with Crippen LogP contribution in [0.1, 0.15) is 24.5 Å². The molecule has 20 heavy (non-hydrogen) atoms. The lowest BCUT2D eigenvalue weighted by Gasteiger charge is -2.22. The summed E-state index contributed by atoms with van der Waals surface area (Å²) < 4.78 is 0. The molecule has 104 valence electrons. The molecule has 3 atom stereocenters. The fraction of sp³-hybridized carbons (Fsp3) is 0.412. The van der Waals surface area contributed by atoms with Gasteiger partial charge in [0.15, 0.2) is 0 Å². The van der Waals surface area contributed by atoms with E-state index in [1.807, 2.05) is 45.0 Å². The minimum absolute atomic E-state index is 0.0416. The number of nitrogens with zero attached hydrogens (tertiary/aromatic N) is 1. The van der Waals surface area contributed by atoms with Crippen molar-refractivity contribution in [2.24, 2.45) is 17.8 Å². The lowest BCUT2D eigenvalue weighted by atomic mass is 9.78. The topological polar surface area (TPSA) is 37.4 Å². The van der Waals surface area contributed by atoms with E-state index in [1.165, 1.54) is 10.5 Å². The number of amides is 2. The highest BCUT2D eigenvalue weighted by Crippen LogP contribution is 2.40. The van der Waals surface area contributed by atoms with Crippen molar-refractivity contribution in [1.82, 2.24) is 0 Å². The van der Waals surface area contributed by atoms with Crippen molar-refractivity contribution in [3.8, 4) is 0 Å². The van der Waals surface area contributed by atoms with E-state index in [4.69, 9.17) is 0 Å². The molecule has 0 aromatic heterocycles. The van der Waals surface area contributed by atoms with Crippen LogP contribution in [0.5, 0.6) is 0 Å². The Morgan fingerprint density at radius 1 is 1.10 bits per heavy atom. The molecule has 1 aromatic rings. The lowest BCUT2D eigenvalue weighted by molar-refractivity contribution is -0.122. The fourth-order valence-electron chi connectivity index (χ4n) is 3.27. The van der Waals surface area contributed by atoms with Crippen molar-refractivity contribution >= 4 is 17.5 Å². The van der Waals surface area contributed by atoms with Gasteiger partial charge < -0.3 is 0 Å². The van der Waals surface area contributed by atoms with Crippen LogP contribution in [0, 0.1) is 31.6 Å². The van der Waals surface area contributed by atoms with Gasteiger partial charge in [0.2, 0.25) is 11.8 Å². The van der Waals surface area contributed by atoms with E-state index in [0.717, 1.165) is 5.56 Å². The Morgan fingerprint density at radius 2 is 1.85 bits per heavy atom. The van der Waals surface area contributed by atoms with Gasteiger partial charge in [-0.15, -0.1) is 0 Å². The van der Waals surface area contributed by atoms with E-state index in [1.54, 1.807) is 0 Å². The zero-order chi connectivity index (χ0) is 14.4. The molecule has 3 nitrogen and oxygen atoms in total. The van der Waals surface area contributed by atoms with Gasteiger partial charge in [0.25, 0.3) is 0 Å². The summed E-state index contributed by atoms with van der Waals surface area (Å²) in [5.74, 6) is -0.306. The number of rotatable bonds is 1. The highest BCUT2D eigenvalue weighted by Gasteiger charge is 2.50. The second-order valence-electron chi connectivity index (χ2n) is 5.94. The van der Waals surface area contributed by atoms with Gasteiger partial charge in [-0.25, -0.2) is 0 Å². The first-order valence-electron chi connectivity index (χ1n) is 7.12. The minimum Gasteiger partial charge on any atom is -0.274 e. The van der Waals surface area contributed by atoms with Crippen molar-refractivity contribution in [1.29, 1.82) is 0 Å². The van der Waals surface area contributed by atoms with Gasteiger partial charge >= 0.3 is 0 Å². The highest BCUT2D eigenvalue weighted by atomic mass is 16.2. The number of anilines is 1. The van der Waals surface area contributed by atoms with Crippen LogP contribution in [0.15, 0.2) is 30.4 Å². The predicted octanol–water partition coefficient (Wildman–Crippen LogP) is 3.01. The molecular formula is C17H19NO2. The van der Waals surface area contributed by atoms with Gasteiger partial charge in [0.05, 0.1) is 17.5 Å². The Balaban J connectivity index is 2.01. The molecule has 3 heteroatoms. The highest BCUT2D eigenvalue weighted by molar-refractivity contribution is 6.22. The summed E-state index contributed by atoms with van der Waals surface area (Å²) in [5, 5.41) is 0. The van der Waals surface area contributed by atoms with Crippen molar-refractivity contribution in [3.05, 3.63) is 41.5 Å². The number of carbonyl (C=O) groups is 2. The van der Waals surface area contributed by atoms with E-state index in [0.29, 0.717) is 12.1 Å². The third-order valence-corrected chi connectivity index (χ3v) is 4.62. The van der Waals surface area contributed by atoms with Crippen LogP contribution in [0.4, 0.5) is 5.69 Å². The monoisotopic (exact) mass is 269 g/mol. The van der Waals surface area contributed by atoms with Crippen LogP contribution in [-0.4, -0.2) is 11.8 Å². The van der Waals surface area contributed by atoms with Crippen LogP contribution in [0.2, 0.25) is 0 Å². The lowest BCUT2D eigenvalue weighted by Crippen LogP contribution is -2.31. The molecule has 0 N–H and O–H groups in total. The van der Waals surface area contributed by atoms with E-state index in [-0.39, 0.29) is 29.6 Å². The van der Waals surface area contributed by atoms with E-state index >= 15 is 0 Å². The molecule has 1 fully saturated rings. The molecule has 0 saturated carbocycles. The van der Waals surface area contributed by atoms with Gasteiger partial charge in [0.1, 0.15) is 0 Å². The molecule has 2 aliphatic rings. The van der Waals surface area contributed by atoms with Crippen molar-refractivity contribution in [3.63, 3.8) is 0 Å². The van der Waals surface area contributed by atoms with Crippen molar-refractivity contribution in [2.75, 3.05) is 4.90 Å². The zero-order valence-electron chi connectivity index (χ0n) is 12.1. The maximum atomic E-state index is 12.6. The predicted molar refractivity (Wildman–Crippen MR) is 78.3 cm³/mol. The van der Waals surface area contributed by atoms with E-state index in [2.05, 4.69) is 6.08 Å². The Morgan fingerprint density at radius 3 is 2.50 bits per heavy atom. The SMILES string of the molecule is Cc1ccc(N2C(=O)C3CC=CC(C)C3C2=O)cc1C. The van der Waals surface area contributed by atoms with Crippen LogP contribution >= 0.6 is 0 Å². The van der Waals surface area contributed by atoms with Gasteiger partial charge in [-0.3, -0.25) is 14.5 Å². The minimum atomic E-state index is -0.186. The van der Waals surface area contributed by atoms with Crippen molar-refractivity contribution < 1.29 is 9.59 Å². The largest absolute Gasteiger partial charge is 0.274 e. The first kappa shape index (κ1) is 13.1. The maximum Gasteiger partial charge on any atom is 0.238 e. The number of fused-ring (bicyclic) bond motifs is 1. The molecule has 3 unspecified atom stereocenters. The molecular weight excluding hydrogens is 250 g/mol. The molecule has 1 aliphatic carbocycles. The summed E-state index contributed by atoms with van der Waals surface area (Å²) >= 11 is 0. The Bertz CT molecular complexity index is 617. The molecule has 0 radical (unpaired) electrons. The van der Waals surface area contributed by atoms with Crippen LogP contribution in [0.25, 0.3) is 0 Å². The van der Waals surface area contributed by atoms with Crippen LogP contribution < -0.4 is 4.90 Å². The third kappa shape index (κ3) is 1.80. The Labute approximate surface area is 119 Å². The molecule has 1 aliphatic heterocycles. The number of carbonyl (C=O) groups excluding carboxylic acids is 2. The van der Waals surface area contributed by atoms with Crippen LogP contribution in [0.3, 0.4) is 0 Å². The number of imide groups is 1. The van der Waals surface area contributed by atoms with Gasteiger partial charge in [-0.1, -0.05) is 25.1 Å². The Hall–Kier alpha value is -1.90. The first-order valence-corrected chi connectivity index (χ1v) is 7.12. The number of allylic oxidation sites excluding steroid dienone is 2. The average Bonchev–Trinajstić information content (AvgIpc) is 2.67. The van der Waals surface area contributed by atoms with Crippen LogP contribution in [-0.2, 0) is 9.59 Å². The summed E-state index contributed by atoms with van der Waals surface area (Å²) in [6, 6.07) is 5.77.